The van der Waals surface area contributed by atoms with Gasteiger partial charge in [0.1, 0.15) is 0 Å². The van der Waals surface area contributed by atoms with Crippen molar-refractivity contribution in [2.75, 3.05) is 6.54 Å². The van der Waals surface area contributed by atoms with E-state index in [-0.39, 0.29) is 0 Å². The molecule has 78 valence electrons. The number of hydrogen-bond acceptors (Lipinski definition) is 3. The van der Waals surface area contributed by atoms with Crippen LogP contribution in [0.3, 0.4) is 0 Å². The summed E-state index contributed by atoms with van der Waals surface area (Å²) in [5.41, 5.74) is 5.71. The number of nitrogens with one attached hydrogen (secondary N) is 1. The van der Waals surface area contributed by atoms with Crippen molar-refractivity contribution in [1.82, 2.24) is 5.32 Å². The van der Waals surface area contributed by atoms with Crippen molar-refractivity contribution in [2.45, 2.75) is 25.4 Å². The van der Waals surface area contributed by atoms with Gasteiger partial charge in [-0.1, -0.05) is 11.6 Å². The molecule has 1 aliphatic rings. The van der Waals surface area contributed by atoms with Crippen LogP contribution in [0.2, 0.25) is 4.34 Å². The molecule has 1 heterocycles. The van der Waals surface area contributed by atoms with Crippen LogP contribution in [0.1, 0.15) is 17.7 Å². The molecule has 0 unspecified atom stereocenters. The minimum atomic E-state index is 0.456. The van der Waals surface area contributed by atoms with Gasteiger partial charge >= 0.3 is 0 Å². The van der Waals surface area contributed by atoms with Gasteiger partial charge < -0.3 is 11.1 Å². The molecule has 1 aromatic heterocycles. The van der Waals surface area contributed by atoms with Crippen LogP contribution in [0.4, 0.5) is 0 Å². The Balaban J connectivity index is 1.63. The summed E-state index contributed by atoms with van der Waals surface area (Å²) in [5.74, 6) is 0.792. The molecule has 1 aromatic rings. The van der Waals surface area contributed by atoms with E-state index < -0.39 is 0 Å². The van der Waals surface area contributed by atoms with E-state index in [0.717, 1.165) is 23.3 Å². The number of hydrogen-bond donors (Lipinski definition) is 2. The molecule has 0 radical (unpaired) electrons. The summed E-state index contributed by atoms with van der Waals surface area (Å²) >= 11 is 7.48. The minimum absolute atomic E-state index is 0.456. The average molecular weight is 231 g/mol. The highest BCUT2D eigenvalue weighted by molar-refractivity contribution is 7.16. The fraction of sp³-hybridized carbons (Fsp3) is 0.600. The predicted molar refractivity (Wildman–Crippen MR) is 61.7 cm³/mol. The van der Waals surface area contributed by atoms with Crippen molar-refractivity contribution in [3.8, 4) is 0 Å². The molecule has 0 saturated heterocycles. The van der Waals surface area contributed by atoms with E-state index in [4.69, 9.17) is 17.3 Å². The van der Waals surface area contributed by atoms with Crippen LogP contribution in [-0.2, 0) is 6.54 Å². The molecule has 14 heavy (non-hydrogen) atoms. The lowest BCUT2D eigenvalue weighted by Crippen LogP contribution is -2.41. The molecular weight excluding hydrogens is 216 g/mol. The second kappa shape index (κ2) is 4.62. The maximum absolute atomic E-state index is 5.83. The quantitative estimate of drug-likeness (QED) is 0.833. The number of thiophene rings is 1. The second-order valence-electron chi connectivity index (χ2n) is 3.93. The fourth-order valence-electron chi connectivity index (χ4n) is 1.80. The number of halogens is 1. The third-order valence-corrected chi connectivity index (χ3v) is 3.86. The van der Waals surface area contributed by atoms with Gasteiger partial charge in [0.15, 0.2) is 0 Å². The molecule has 0 amide bonds. The number of rotatable bonds is 4. The first-order valence-corrected chi connectivity index (χ1v) is 6.14. The van der Waals surface area contributed by atoms with Gasteiger partial charge in [-0.25, -0.2) is 0 Å². The van der Waals surface area contributed by atoms with E-state index in [9.17, 15) is 0 Å². The van der Waals surface area contributed by atoms with Crippen LogP contribution >= 0.6 is 22.9 Å². The van der Waals surface area contributed by atoms with Crippen molar-refractivity contribution in [2.24, 2.45) is 11.7 Å². The van der Waals surface area contributed by atoms with Crippen LogP contribution < -0.4 is 11.1 Å². The molecule has 0 atom stereocenters. The summed E-state index contributed by atoms with van der Waals surface area (Å²) in [6.45, 7) is 2.02. The highest BCUT2D eigenvalue weighted by Gasteiger charge is 2.24. The molecular formula is C10H15ClN2S. The van der Waals surface area contributed by atoms with E-state index >= 15 is 0 Å². The van der Waals surface area contributed by atoms with E-state index in [1.165, 1.54) is 17.7 Å². The molecule has 0 aliphatic heterocycles. The average Bonchev–Trinajstić information content (AvgIpc) is 2.48. The Bertz CT molecular complexity index is 294. The lowest BCUT2D eigenvalue weighted by molar-refractivity contribution is 0.256. The van der Waals surface area contributed by atoms with Gasteiger partial charge in [-0.05, 0) is 37.4 Å². The summed E-state index contributed by atoms with van der Waals surface area (Å²) < 4.78 is 0.868. The highest BCUT2D eigenvalue weighted by Crippen LogP contribution is 2.25. The van der Waals surface area contributed by atoms with Crippen LogP contribution in [0.25, 0.3) is 0 Å². The molecule has 1 saturated carbocycles. The summed E-state index contributed by atoms with van der Waals surface area (Å²) in [6, 6.07) is 4.48. The zero-order valence-electron chi connectivity index (χ0n) is 8.00. The zero-order valence-corrected chi connectivity index (χ0v) is 9.57. The molecule has 2 nitrogen and oxygen atoms in total. The molecule has 1 fully saturated rings. The monoisotopic (exact) mass is 230 g/mol. The molecule has 0 aromatic carbocycles. The van der Waals surface area contributed by atoms with Crippen molar-refractivity contribution in [3.05, 3.63) is 21.3 Å². The van der Waals surface area contributed by atoms with Gasteiger partial charge in [-0.2, -0.15) is 0 Å². The first-order valence-electron chi connectivity index (χ1n) is 4.94. The summed E-state index contributed by atoms with van der Waals surface area (Å²) in [7, 11) is 0. The molecule has 1 aliphatic carbocycles. The van der Waals surface area contributed by atoms with E-state index in [0.29, 0.717) is 6.04 Å². The zero-order chi connectivity index (χ0) is 9.97. The molecule has 0 spiro atoms. The second-order valence-corrected chi connectivity index (χ2v) is 5.73. The Labute approximate surface area is 93.4 Å². The maximum Gasteiger partial charge on any atom is 0.0931 e. The Morgan fingerprint density at radius 3 is 2.86 bits per heavy atom. The minimum Gasteiger partial charge on any atom is -0.328 e. The summed E-state index contributed by atoms with van der Waals surface area (Å²) in [4.78, 5) is 1.30. The Kier molecular flexibility index (Phi) is 3.44. The molecule has 3 N–H and O–H groups in total. The fourth-order valence-corrected chi connectivity index (χ4v) is 2.86. The number of nitrogens with two attached hydrogens (primary N) is 1. The smallest absolute Gasteiger partial charge is 0.0931 e. The maximum atomic E-state index is 5.83. The van der Waals surface area contributed by atoms with Gasteiger partial charge in [0.25, 0.3) is 0 Å². The Hall–Kier alpha value is -0.0900. The summed E-state index contributed by atoms with van der Waals surface area (Å²) in [5, 5.41) is 3.43. The lowest BCUT2D eigenvalue weighted by atomic mass is 9.81. The standard InChI is InChI=1S/C10H15ClN2S/c11-10-2-1-9(14-10)6-13-5-7-3-8(12)4-7/h1-2,7-8,13H,3-6,12H2. The third-order valence-electron chi connectivity index (χ3n) is 2.63. The van der Waals surface area contributed by atoms with Crippen molar-refractivity contribution < 1.29 is 0 Å². The topological polar surface area (TPSA) is 38.0 Å². The van der Waals surface area contributed by atoms with Crippen LogP contribution in [0.15, 0.2) is 12.1 Å². The van der Waals surface area contributed by atoms with Gasteiger partial charge in [0.05, 0.1) is 4.34 Å². The molecule has 0 bridgehead atoms. The van der Waals surface area contributed by atoms with Gasteiger partial charge in [0, 0.05) is 17.5 Å². The first kappa shape index (κ1) is 10.4. The highest BCUT2D eigenvalue weighted by atomic mass is 35.5. The van der Waals surface area contributed by atoms with Crippen molar-refractivity contribution in [1.29, 1.82) is 0 Å². The first-order chi connectivity index (χ1) is 6.74. The molecule has 4 heteroatoms. The van der Waals surface area contributed by atoms with Crippen molar-refractivity contribution in [3.63, 3.8) is 0 Å². The largest absolute Gasteiger partial charge is 0.328 e. The predicted octanol–water partition coefficient (Wildman–Crippen LogP) is 2.23. The van der Waals surface area contributed by atoms with Gasteiger partial charge in [-0.3, -0.25) is 0 Å². The van der Waals surface area contributed by atoms with Gasteiger partial charge in [0.2, 0.25) is 0 Å². The SMILES string of the molecule is NC1CC(CNCc2ccc(Cl)s2)C1. The van der Waals surface area contributed by atoms with Crippen LogP contribution in [-0.4, -0.2) is 12.6 Å². The Morgan fingerprint density at radius 1 is 1.50 bits per heavy atom. The van der Waals surface area contributed by atoms with Crippen LogP contribution in [0.5, 0.6) is 0 Å². The lowest BCUT2D eigenvalue weighted by Gasteiger charge is -2.32. The normalized spacial score (nSPS) is 26.1. The van der Waals surface area contributed by atoms with Gasteiger partial charge in [-0.15, -0.1) is 11.3 Å². The van der Waals surface area contributed by atoms with Crippen molar-refractivity contribution >= 4 is 22.9 Å². The van der Waals surface area contributed by atoms with E-state index in [2.05, 4.69) is 11.4 Å². The van der Waals surface area contributed by atoms with E-state index in [1.807, 2.05) is 6.07 Å². The van der Waals surface area contributed by atoms with E-state index in [1.54, 1.807) is 11.3 Å². The van der Waals surface area contributed by atoms with Crippen LogP contribution in [0, 0.1) is 5.92 Å². The third kappa shape index (κ3) is 2.70. The Morgan fingerprint density at radius 2 is 2.29 bits per heavy atom. The molecule has 2 rings (SSSR count). The summed E-state index contributed by atoms with van der Waals surface area (Å²) in [6.07, 6.45) is 2.36.